The molecule has 0 radical (unpaired) electrons. The van der Waals surface area contributed by atoms with Crippen molar-refractivity contribution in [2.45, 2.75) is 46.1 Å². The van der Waals surface area contributed by atoms with E-state index in [0.29, 0.717) is 28.8 Å². The van der Waals surface area contributed by atoms with Crippen molar-refractivity contribution in [1.82, 2.24) is 20.2 Å². The minimum atomic E-state index is 0.196. The predicted molar refractivity (Wildman–Crippen MR) is 82.4 cm³/mol. The molecule has 2 N–H and O–H groups in total. The van der Waals surface area contributed by atoms with Gasteiger partial charge < -0.3 is 10.1 Å². The number of ether oxygens (including phenoxy) is 1. The Balaban J connectivity index is 1.88. The van der Waals surface area contributed by atoms with Gasteiger partial charge in [-0.3, -0.25) is 5.10 Å². The van der Waals surface area contributed by atoms with Crippen LogP contribution in [0.3, 0.4) is 0 Å². The molecular weight excluding hydrogens is 266 g/mol. The highest BCUT2D eigenvalue weighted by Crippen LogP contribution is 2.40. The zero-order chi connectivity index (χ0) is 15.0. The normalized spacial score (nSPS) is 25.0. The Hall–Kier alpha value is -1.85. The SMILES string of the molecule is CNc1nc(OC2CC(C)CC(C)(C)C2)c2cn[nH]c2n1. The third kappa shape index (κ3) is 2.94. The maximum absolute atomic E-state index is 6.22. The van der Waals surface area contributed by atoms with E-state index in [2.05, 4.69) is 46.3 Å². The average molecular weight is 289 g/mol. The molecule has 1 saturated carbocycles. The van der Waals surface area contributed by atoms with Gasteiger partial charge in [-0.1, -0.05) is 20.8 Å². The molecule has 2 atom stereocenters. The minimum absolute atomic E-state index is 0.196. The van der Waals surface area contributed by atoms with Gasteiger partial charge in [0.25, 0.3) is 0 Å². The van der Waals surface area contributed by atoms with Gasteiger partial charge in [-0.05, 0) is 30.6 Å². The van der Waals surface area contributed by atoms with Crippen LogP contribution in [0.15, 0.2) is 6.20 Å². The first kappa shape index (κ1) is 14.1. The Labute approximate surface area is 124 Å². The fourth-order valence-corrected chi connectivity index (χ4v) is 3.52. The van der Waals surface area contributed by atoms with Gasteiger partial charge in [-0.2, -0.15) is 15.1 Å². The Morgan fingerprint density at radius 2 is 2.14 bits per heavy atom. The zero-order valence-corrected chi connectivity index (χ0v) is 13.1. The summed E-state index contributed by atoms with van der Waals surface area (Å²) in [6, 6.07) is 0. The number of fused-ring (bicyclic) bond motifs is 1. The first-order valence-corrected chi connectivity index (χ1v) is 7.52. The summed E-state index contributed by atoms with van der Waals surface area (Å²) >= 11 is 0. The van der Waals surface area contributed by atoms with E-state index in [9.17, 15) is 0 Å². The smallest absolute Gasteiger partial charge is 0.229 e. The van der Waals surface area contributed by atoms with Crippen LogP contribution >= 0.6 is 0 Å². The minimum Gasteiger partial charge on any atom is -0.474 e. The van der Waals surface area contributed by atoms with E-state index < -0.39 is 0 Å². The van der Waals surface area contributed by atoms with Crippen LogP contribution in [-0.4, -0.2) is 33.3 Å². The fraction of sp³-hybridized carbons (Fsp3) is 0.667. The van der Waals surface area contributed by atoms with Gasteiger partial charge in [0.1, 0.15) is 11.5 Å². The quantitative estimate of drug-likeness (QED) is 0.908. The Morgan fingerprint density at radius 1 is 1.33 bits per heavy atom. The highest BCUT2D eigenvalue weighted by Gasteiger charge is 2.33. The summed E-state index contributed by atoms with van der Waals surface area (Å²) in [5, 5.41) is 10.7. The molecule has 21 heavy (non-hydrogen) atoms. The summed E-state index contributed by atoms with van der Waals surface area (Å²) in [5.74, 6) is 1.84. The Kier molecular flexibility index (Phi) is 3.47. The maximum Gasteiger partial charge on any atom is 0.229 e. The number of anilines is 1. The second kappa shape index (κ2) is 5.16. The molecule has 1 fully saturated rings. The summed E-state index contributed by atoms with van der Waals surface area (Å²) in [7, 11) is 1.80. The third-order valence-electron chi connectivity index (χ3n) is 4.12. The largest absolute Gasteiger partial charge is 0.474 e. The van der Waals surface area contributed by atoms with Crippen LogP contribution in [-0.2, 0) is 0 Å². The molecule has 2 aromatic rings. The topological polar surface area (TPSA) is 75.7 Å². The molecule has 114 valence electrons. The lowest BCUT2D eigenvalue weighted by Gasteiger charge is -2.38. The van der Waals surface area contributed by atoms with Gasteiger partial charge >= 0.3 is 0 Å². The van der Waals surface area contributed by atoms with Crippen molar-refractivity contribution >= 4 is 17.0 Å². The Bertz CT molecular complexity index is 636. The summed E-state index contributed by atoms with van der Waals surface area (Å²) in [6.07, 6.45) is 5.29. The van der Waals surface area contributed by atoms with Crippen molar-refractivity contribution < 1.29 is 4.74 Å². The maximum atomic E-state index is 6.22. The van der Waals surface area contributed by atoms with E-state index in [1.54, 1.807) is 13.2 Å². The van der Waals surface area contributed by atoms with Crippen LogP contribution in [0.25, 0.3) is 11.0 Å². The molecular formula is C15H23N5O. The number of nitrogens with one attached hydrogen (secondary N) is 2. The van der Waals surface area contributed by atoms with Crippen molar-refractivity contribution in [3.8, 4) is 5.88 Å². The molecule has 0 aliphatic heterocycles. The van der Waals surface area contributed by atoms with Crippen molar-refractivity contribution in [2.75, 3.05) is 12.4 Å². The lowest BCUT2D eigenvalue weighted by Crippen LogP contribution is -2.34. The number of rotatable bonds is 3. The van der Waals surface area contributed by atoms with Crippen LogP contribution in [0.5, 0.6) is 5.88 Å². The molecule has 2 heterocycles. The highest BCUT2D eigenvalue weighted by molar-refractivity contribution is 5.80. The molecule has 6 nitrogen and oxygen atoms in total. The monoisotopic (exact) mass is 289 g/mol. The molecule has 0 aromatic carbocycles. The van der Waals surface area contributed by atoms with Crippen LogP contribution in [0.2, 0.25) is 0 Å². The number of hydrogen-bond acceptors (Lipinski definition) is 5. The van der Waals surface area contributed by atoms with Crippen LogP contribution < -0.4 is 10.1 Å². The van der Waals surface area contributed by atoms with Gasteiger partial charge in [-0.25, -0.2) is 0 Å². The number of H-pyrrole nitrogens is 1. The van der Waals surface area contributed by atoms with Gasteiger partial charge in [0.2, 0.25) is 11.8 Å². The molecule has 0 amide bonds. The predicted octanol–water partition coefficient (Wildman–Crippen LogP) is 2.99. The van der Waals surface area contributed by atoms with Crippen molar-refractivity contribution in [3.63, 3.8) is 0 Å². The second-order valence-electron chi connectivity index (χ2n) is 6.89. The van der Waals surface area contributed by atoms with E-state index in [4.69, 9.17) is 4.74 Å². The summed E-state index contributed by atoms with van der Waals surface area (Å²) < 4.78 is 6.22. The summed E-state index contributed by atoms with van der Waals surface area (Å²) in [6.45, 7) is 6.92. The van der Waals surface area contributed by atoms with Gasteiger partial charge in [0.05, 0.1) is 6.20 Å². The van der Waals surface area contributed by atoms with E-state index in [-0.39, 0.29) is 6.10 Å². The first-order chi connectivity index (χ1) is 9.97. The average Bonchev–Trinajstić information content (AvgIpc) is 2.84. The molecule has 1 aliphatic rings. The van der Waals surface area contributed by atoms with Gasteiger partial charge in [-0.15, -0.1) is 0 Å². The van der Waals surface area contributed by atoms with E-state index in [0.717, 1.165) is 18.2 Å². The van der Waals surface area contributed by atoms with Gasteiger partial charge in [0, 0.05) is 7.05 Å². The van der Waals surface area contributed by atoms with Crippen molar-refractivity contribution in [1.29, 1.82) is 0 Å². The number of nitrogens with zero attached hydrogens (tertiary/aromatic N) is 3. The standard InChI is InChI=1S/C15H23N5O/c1-9-5-10(7-15(2,3)6-9)21-13-11-8-17-20-12(11)18-14(16-4)19-13/h8-10H,5-7H2,1-4H3,(H2,16,17,18,19,20). The van der Waals surface area contributed by atoms with Crippen LogP contribution in [0, 0.1) is 11.3 Å². The molecule has 2 unspecified atom stereocenters. The molecule has 2 aromatic heterocycles. The molecule has 3 rings (SSSR count). The summed E-state index contributed by atoms with van der Waals surface area (Å²) in [5.41, 5.74) is 1.02. The van der Waals surface area contributed by atoms with E-state index >= 15 is 0 Å². The lowest BCUT2D eigenvalue weighted by atomic mass is 9.71. The summed E-state index contributed by atoms with van der Waals surface area (Å²) in [4.78, 5) is 8.78. The number of aromatic nitrogens is 4. The fourth-order valence-electron chi connectivity index (χ4n) is 3.52. The molecule has 0 bridgehead atoms. The first-order valence-electron chi connectivity index (χ1n) is 7.52. The number of hydrogen-bond donors (Lipinski definition) is 2. The number of aromatic amines is 1. The van der Waals surface area contributed by atoms with Crippen molar-refractivity contribution in [3.05, 3.63) is 6.20 Å². The molecule has 0 saturated heterocycles. The molecule has 0 spiro atoms. The van der Waals surface area contributed by atoms with Gasteiger partial charge in [0.15, 0.2) is 5.65 Å². The van der Waals surface area contributed by atoms with E-state index in [1.807, 2.05) is 0 Å². The lowest BCUT2D eigenvalue weighted by molar-refractivity contribution is 0.0544. The van der Waals surface area contributed by atoms with Crippen molar-refractivity contribution in [2.24, 2.45) is 11.3 Å². The second-order valence-corrected chi connectivity index (χ2v) is 6.89. The highest BCUT2D eigenvalue weighted by atomic mass is 16.5. The molecule has 6 heteroatoms. The Morgan fingerprint density at radius 3 is 2.86 bits per heavy atom. The van der Waals surface area contributed by atoms with Crippen LogP contribution in [0.1, 0.15) is 40.0 Å². The zero-order valence-electron chi connectivity index (χ0n) is 13.1. The third-order valence-corrected chi connectivity index (χ3v) is 4.12. The van der Waals surface area contributed by atoms with Crippen LogP contribution in [0.4, 0.5) is 5.95 Å². The molecule has 1 aliphatic carbocycles. The van der Waals surface area contributed by atoms with E-state index in [1.165, 1.54) is 6.42 Å².